The van der Waals surface area contributed by atoms with Gasteiger partial charge in [0.1, 0.15) is 5.75 Å². The Morgan fingerprint density at radius 3 is 2.44 bits per heavy atom. The first kappa shape index (κ1) is 17.0. The second-order valence-corrected chi connectivity index (χ2v) is 6.42. The molecule has 1 aliphatic carbocycles. The maximum absolute atomic E-state index is 12.8. The van der Waals surface area contributed by atoms with Crippen LogP contribution in [0, 0.1) is 13.8 Å². The van der Waals surface area contributed by atoms with Crippen molar-refractivity contribution in [3.63, 3.8) is 0 Å². The third kappa shape index (κ3) is 3.22. The lowest BCUT2D eigenvalue weighted by Gasteiger charge is -2.17. The molecule has 0 saturated carbocycles. The van der Waals surface area contributed by atoms with E-state index in [-0.39, 0.29) is 17.5 Å². The first-order valence-corrected chi connectivity index (χ1v) is 8.23. The van der Waals surface area contributed by atoms with E-state index in [1.54, 1.807) is 19.2 Å². The number of carbonyl (C=O) groups is 2. The van der Waals surface area contributed by atoms with E-state index in [1.165, 1.54) is 0 Å². The predicted molar refractivity (Wildman–Crippen MR) is 94.4 cm³/mol. The number of carboxylic acid groups (broad SMARTS) is 1. The Hall–Kier alpha value is -2.82. The Morgan fingerprint density at radius 2 is 1.84 bits per heavy atom. The monoisotopic (exact) mass is 339 g/mol. The topological polar surface area (TPSA) is 75.6 Å². The number of fused-ring (bicyclic) bond motifs is 1. The summed E-state index contributed by atoms with van der Waals surface area (Å²) in [5, 5.41) is 12.2. The second kappa shape index (κ2) is 6.59. The van der Waals surface area contributed by atoms with Crippen molar-refractivity contribution in [2.24, 2.45) is 0 Å². The zero-order valence-electron chi connectivity index (χ0n) is 14.6. The Balaban J connectivity index is 1.87. The number of amides is 1. The standard InChI is InChI=1S/C20H21NO4/c1-11-8-15(25-3)9-12(2)18(11)19(22)21-17-7-6-13-4-5-14(20(23)24)10-16(13)17/h4-5,8-10,17H,6-7H2,1-3H3,(H,21,22)(H,23,24). The summed E-state index contributed by atoms with van der Waals surface area (Å²) in [4.78, 5) is 24.0. The summed E-state index contributed by atoms with van der Waals surface area (Å²) in [6.45, 7) is 3.77. The van der Waals surface area contributed by atoms with Gasteiger partial charge in [-0.2, -0.15) is 0 Å². The number of aryl methyl sites for hydroxylation is 3. The molecule has 0 heterocycles. The molecular formula is C20H21NO4. The number of carbonyl (C=O) groups excluding carboxylic acids is 1. The lowest BCUT2D eigenvalue weighted by Crippen LogP contribution is -2.28. The Bertz CT molecular complexity index is 834. The van der Waals surface area contributed by atoms with Gasteiger partial charge in [-0.15, -0.1) is 0 Å². The third-order valence-corrected chi connectivity index (χ3v) is 4.74. The van der Waals surface area contributed by atoms with Crippen molar-refractivity contribution in [1.82, 2.24) is 5.32 Å². The zero-order valence-corrected chi connectivity index (χ0v) is 14.6. The molecule has 1 unspecified atom stereocenters. The highest BCUT2D eigenvalue weighted by Gasteiger charge is 2.26. The van der Waals surface area contributed by atoms with E-state index < -0.39 is 5.97 Å². The molecular weight excluding hydrogens is 318 g/mol. The van der Waals surface area contributed by atoms with Gasteiger partial charge >= 0.3 is 5.97 Å². The van der Waals surface area contributed by atoms with E-state index in [2.05, 4.69) is 5.32 Å². The minimum atomic E-state index is -0.957. The maximum atomic E-state index is 12.8. The summed E-state index contributed by atoms with van der Waals surface area (Å²) in [5.74, 6) is -0.373. The van der Waals surface area contributed by atoms with Gasteiger partial charge in [-0.05, 0) is 73.2 Å². The van der Waals surface area contributed by atoms with Crippen LogP contribution in [0.3, 0.4) is 0 Å². The van der Waals surface area contributed by atoms with Crippen molar-refractivity contribution in [3.8, 4) is 5.75 Å². The number of benzene rings is 2. The first-order valence-electron chi connectivity index (χ1n) is 8.23. The smallest absolute Gasteiger partial charge is 0.335 e. The number of hydrogen-bond donors (Lipinski definition) is 2. The molecule has 25 heavy (non-hydrogen) atoms. The van der Waals surface area contributed by atoms with Crippen LogP contribution in [0.4, 0.5) is 0 Å². The van der Waals surface area contributed by atoms with Crippen LogP contribution in [0.25, 0.3) is 0 Å². The second-order valence-electron chi connectivity index (χ2n) is 6.42. The number of methoxy groups -OCH3 is 1. The van der Waals surface area contributed by atoms with Crippen molar-refractivity contribution in [2.75, 3.05) is 7.11 Å². The number of ether oxygens (including phenoxy) is 1. The summed E-state index contributed by atoms with van der Waals surface area (Å²) in [6, 6.07) is 8.64. The van der Waals surface area contributed by atoms with Gasteiger partial charge in [0.05, 0.1) is 18.7 Å². The van der Waals surface area contributed by atoms with Crippen molar-refractivity contribution in [2.45, 2.75) is 32.7 Å². The molecule has 0 spiro atoms. The molecule has 1 atom stereocenters. The molecule has 0 saturated heterocycles. The van der Waals surface area contributed by atoms with E-state index in [0.717, 1.165) is 40.8 Å². The average molecular weight is 339 g/mol. The largest absolute Gasteiger partial charge is 0.497 e. The minimum Gasteiger partial charge on any atom is -0.497 e. The molecule has 0 aliphatic heterocycles. The SMILES string of the molecule is COc1cc(C)c(C(=O)NC2CCc3ccc(C(=O)O)cc32)c(C)c1. The minimum absolute atomic E-state index is 0.142. The molecule has 5 nitrogen and oxygen atoms in total. The molecule has 2 aromatic carbocycles. The fourth-order valence-corrected chi connectivity index (χ4v) is 3.52. The van der Waals surface area contributed by atoms with Crippen LogP contribution < -0.4 is 10.1 Å². The number of hydrogen-bond acceptors (Lipinski definition) is 3. The Kier molecular flexibility index (Phi) is 4.49. The summed E-state index contributed by atoms with van der Waals surface area (Å²) in [7, 11) is 1.60. The van der Waals surface area contributed by atoms with Gasteiger partial charge in [0.15, 0.2) is 0 Å². The first-order chi connectivity index (χ1) is 11.9. The van der Waals surface area contributed by atoms with Crippen LogP contribution in [-0.2, 0) is 6.42 Å². The van der Waals surface area contributed by atoms with Gasteiger partial charge in [0.2, 0.25) is 0 Å². The highest BCUT2D eigenvalue weighted by Crippen LogP contribution is 2.32. The van der Waals surface area contributed by atoms with Crippen LogP contribution >= 0.6 is 0 Å². The summed E-state index contributed by atoms with van der Waals surface area (Å²) >= 11 is 0. The van der Waals surface area contributed by atoms with Gasteiger partial charge in [-0.25, -0.2) is 4.79 Å². The highest BCUT2D eigenvalue weighted by atomic mass is 16.5. The van der Waals surface area contributed by atoms with Crippen LogP contribution in [-0.4, -0.2) is 24.1 Å². The van der Waals surface area contributed by atoms with Gasteiger partial charge in [-0.3, -0.25) is 4.79 Å². The highest BCUT2D eigenvalue weighted by molar-refractivity contribution is 5.97. The van der Waals surface area contributed by atoms with Crippen molar-refractivity contribution >= 4 is 11.9 Å². The lowest BCUT2D eigenvalue weighted by atomic mass is 10.00. The van der Waals surface area contributed by atoms with Gasteiger partial charge in [0, 0.05) is 5.56 Å². The van der Waals surface area contributed by atoms with Crippen molar-refractivity contribution < 1.29 is 19.4 Å². The normalized spacial score (nSPS) is 15.6. The van der Waals surface area contributed by atoms with E-state index in [0.29, 0.717) is 5.56 Å². The summed E-state index contributed by atoms with van der Waals surface area (Å²) in [6.07, 6.45) is 1.61. The molecule has 2 aromatic rings. The lowest BCUT2D eigenvalue weighted by molar-refractivity contribution is 0.0696. The maximum Gasteiger partial charge on any atom is 0.335 e. The fourth-order valence-electron chi connectivity index (χ4n) is 3.52. The molecule has 2 N–H and O–H groups in total. The van der Waals surface area contributed by atoms with E-state index in [4.69, 9.17) is 4.74 Å². The summed E-state index contributed by atoms with van der Waals surface area (Å²) < 4.78 is 5.24. The van der Waals surface area contributed by atoms with E-state index in [9.17, 15) is 14.7 Å². The van der Waals surface area contributed by atoms with Crippen LogP contribution in [0.2, 0.25) is 0 Å². The van der Waals surface area contributed by atoms with Gasteiger partial charge < -0.3 is 15.2 Å². The number of rotatable bonds is 4. The van der Waals surface area contributed by atoms with Crippen LogP contribution in [0.15, 0.2) is 30.3 Å². The van der Waals surface area contributed by atoms with Crippen molar-refractivity contribution in [1.29, 1.82) is 0 Å². The quantitative estimate of drug-likeness (QED) is 0.895. The van der Waals surface area contributed by atoms with Gasteiger partial charge in [-0.1, -0.05) is 6.07 Å². The number of nitrogens with one attached hydrogen (secondary N) is 1. The number of aromatic carboxylic acids is 1. The molecule has 0 bridgehead atoms. The molecule has 5 heteroatoms. The molecule has 1 aliphatic rings. The average Bonchev–Trinajstić information content (AvgIpc) is 2.96. The Labute approximate surface area is 146 Å². The third-order valence-electron chi connectivity index (χ3n) is 4.74. The van der Waals surface area contributed by atoms with Crippen molar-refractivity contribution in [3.05, 3.63) is 63.7 Å². The molecule has 0 aromatic heterocycles. The molecule has 130 valence electrons. The van der Waals surface area contributed by atoms with Crippen LogP contribution in [0.5, 0.6) is 5.75 Å². The van der Waals surface area contributed by atoms with Gasteiger partial charge in [0.25, 0.3) is 5.91 Å². The fraction of sp³-hybridized carbons (Fsp3) is 0.300. The molecule has 3 rings (SSSR count). The predicted octanol–water partition coefficient (Wildman–Crippen LogP) is 3.43. The van der Waals surface area contributed by atoms with Crippen LogP contribution in [0.1, 0.15) is 55.4 Å². The number of carboxylic acids is 1. The van der Waals surface area contributed by atoms with E-state index in [1.807, 2.05) is 32.0 Å². The summed E-state index contributed by atoms with van der Waals surface area (Å²) in [5.41, 5.74) is 4.59. The molecule has 0 radical (unpaired) electrons. The molecule has 1 amide bonds. The zero-order chi connectivity index (χ0) is 18.1. The molecule has 0 fully saturated rings. The van der Waals surface area contributed by atoms with E-state index >= 15 is 0 Å². The Morgan fingerprint density at radius 1 is 1.16 bits per heavy atom.